The highest BCUT2D eigenvalue weighted by Crippen LogP contribution is 2.28. The Hall–Kier alpha value is -4.12. The van der Waals surface area contributed by atoms with Gasteiger partial charge in [0.2, 0.25) is 0 Å². The first-order valence-corrected chi connectivity index (χ1v) is 9.66. The quantitative estimate of drug-likeness (QED) is 0.469. The predicted octanol–water partition coefficient (Wildman–Crippen LogP) is 5.02. The Kier molecular flexibility index (Phi) is 4.41. The van der Waals surface area contributed by atoms with E-state index >= 15 is 0 Å². The number of pyridine rings is 4. The van der Waals surface area contributed by atoms with Crippen LogP contribution in [-0.4, -0.2) is 19.9 Å². The molecule has 0 aliphatic rings. The molecule has 1 aromatic carbocycles. The smallest absolute Gasteiger partial charge is 0.256 e. The zero-order valence-electron chi connectivity index (χ0n) is 16.3. The molecule has 5 rings (SSSR count). The van der Waals surface area contributed by atoms with E-state index in [-0.39, 0.29) is 5.56 Å². The van der Waals surface area contributed by atoms with Crippen LogP contribution in [0, 0.1) is 6.92 Å². The van der Waals surface area contributed by atoms with Gasteiger partial charge in [0.1, 0.15) is 0 Å². The Bertz CT molecular complexity index is 1350. The molecular weight excluding hydrogens is 372 g/mol. The SMILES string of the molecule is Cc1ccc2[nH]c(=O)c(-c3cc(-c4ccccn4)nc(-c4ccccn4)c3)cc2c1. The molecule has 30 heavy (non-hydrogen) atoms. The molecule has 4 aromatic heterocycles. The van der Waals surface area contributed by atoms with E-state index in [1.807, 2.05) is 73.7 Å². The van der Waals surface area contributed by atoms with Crippen LogP contribution in [0.5, 0.6) is 0 Å². The number of aromatic nitrogens is 4. The van der Waals surface area contributed by atoms with Crippen molar-refractivity contribution in [2.75, 3.05) is 0 Å². The first-order valence-electron chi connectivity index (χ1n) is 9.66. The van der Waals surface area contributed by atoms with E-state index in [2.05, 4.69) is 21.0 Å². The van der Waals surface area contributed by atoms with Crippen LogP contribution in [0.3, 0.4) is 0 Å². The molecule has 0 aliphatic carbocycles. The molecule has 0 saturated heterocycles. The van der Waals surface area contributed by atoms with Crippen LogP contribution in [0.1, 0.15) is 5.56 Å². The second kappa shape index (κ2) is 7.37. The Morgan fingerprint density at radius 1 is 0.733 bits per heavy atom. The molecule has 144 valence electrons. The van der Waals surface area contributed by atoms with Crippen LogP contribution in [-0.2, 0) is 0 Å². The third-order valence-electron chi connectivity index (χ3n) is 4.99. The molecular formula is C25H18N4O. The highest BCUT2D eigenvalue weighted by Gasteiger charge is 2.13. The minimum Gasteiger partial charge on any atom is -0.321 e. The van der Waals surface area contributed by atoms with Gasteiger partial charge in [0.05, 0.1) is 22.8 Å². The Labute approximate surface area is 173 Å². The number of benzene rings is 1. The van der Waals surface area contributed by atoms with E-state index in [9.17, 15) is 4.79 Å². The van der Waals surface area contributed by atoms with Crippen molar-refractivity contribution in [2.45, 2.75) is 6.92 Å². The molecule has 0 saturated carbocycles. The summed E-state index contributed by atoms with van der Waals surface area (Å²) >= 11 is 0. The Balaban J connectivity index is 1.76. The Morgan fingerprint density at radius 2 is 1.40 bits per heavy atom. The molecule has 0 unspecified atom stereocenters. The fourth-order valence-electron chi connectivity index (χ4n) is 3.52. The number of aromatic amines is 1. The second-order valence-corrected chi connectivity index (χ2v) is 7.16. The third-order valence-corrected chi connectivity index (χ3v) is 4.99. The van der Waals surface area contributed by atoms with Crippen molar-refractivity contribution in [3.05, 3.63) is 101 Å². The average Bonchev–Trinajstić information content (AvgIpc) is 2.80. The minimum atomic E-state index is -0.142. The van der Waals surface area contributed by atoms with Crippen LogP contribution in [0.4, 0.5) is 0 Å². The lowest BCUT2D eigenvalue weighted by Gasteiger charge is -2.10. The van der Waals surface area contributed by atoms with E-state index in [0.29, 0.717) is 17.0 Å². The summed E-state index contributed by atoms with van der Waals surface area (Å²) in [5.41, 5.74) is 6.04. The first-order chi connectivity index (χ1) is 14.7. The molecule has 0 atom stereocenters. The highest BCUT2D eigenvalue weighted by atomic mass is 16.1. The van der Waals surface area contributed by atoms with Gasteiger partial charge in [-0.05, 0) is 72.5 Å². The van der Waals surface area contributed by atoms with E-state index in [1.54, 1.807) is 12.4 Å². The average molecular weight is 390 g/mol. The van der Waals surface area contributed by atoms with Crippen molar-refractivity contribution in [2.24, 2.45) is 0 Å². The topological polar surface area (TPSA) is 71.5 Å². The summed E-state index contributed by atoms with van der Waals surface area (Å²) in [5, 5.41) is 0.986. The van der Waals surface area contributed by atoms with Crippen molar-refractivity contribution in [3.63, 3.8) is 0 Å². The van der Waals surface area contributed by atoms with Crippen molar-refractivity contribution in [3.8, 4) is 33.9 Å². The normalized spacial score (nSPS) is 11.0. The Morgan fingerprint density at radius 3 is 2.00 bits per heavy atom. The number of hydrogen-bond acceptors (Lipinski definition) is 4. The maximum Gasteiger partial charge on any atom is 0.256 e. The molecule has 0 aliphatic heterocycles. The van der Waals surface area contributed by atoms with E-state index in [0.717, 1.165) is 33.4 Å². The van der Waals surface area contributed by atoms with Gasteiger partial charge < -0.3 is 4.98 Å². The monoisotopic (exact) mass is 390 g/mol. The lowest BCUT2D eigenvalue weighted by molar-refractivity contribution is 1.21. The molecule has 5 aromatic rings. The number of rotatable bonds is 3. The summed E-state index contributed by atoms with van der Waals surface area (Å²) in [5.74, 6) is 0. The summed E-state index contributed by atoms with van der Waals surface area (Å²) in [7, 11) is 0. The first kappa shape index (κ1) is 17.9. The number of nitrogens with zero attached hydrogens (tertiary/aromatic N) is 3. The zero-order chi connectivity index (χ0) is 20.5. The number of H-pyrrole nitrogens is 1. The van der Waals surface area contributed by atoms with Gasteiger partial charge in [-0.3, -0.25) is 14.8 Å². The second-order valence-electron chi connectivity index (χ2n) is 7.16. The highest BCUT2D eigenvalue weighted by molar-refractivity contribution is 5.85. The fraction of sp³-hybridized carbons (Fsp3) is 0.0400. The molecule has 1 N–H and O–H groups in total. The zero-order valence-corrected chi connectivity index (χ0v) is 16.3. The van der Waals surface area contributed by atoms with E-state index < -0.39 is 0 Å². The number of aryl methyl sites for hydroxylation is 1. The lowest BCUT2D eigenvalue weighted by Crippen LogP contribution is -2.09. The van der Waals surface area contributed by atoms with Gasteiger partial charge in [0.25, 0.3) is 5.56 Å². The molecule has 5 nitrogen and oxygen atoms in total. The summed E-state index contributed by atoms with van der Waals surface area (Å²) in [6.07, 6.45) is 3.46. The van der Waals surface area contributed by atoms with E-state index in [1.165, 1.54) is 0 Å². The van der Waals surface area contributed by atoms with Crippen LogP contribution in [0.25, 0.3) is 44.8 Å². The number of nitrogens with one attached hydrogen (secondary N) is 1. The van der Waals surface area contributed by atoms with Gasteiger partial charge in [0.15, 0.2) is 0 Å². The predicted molar refractivity (Wildman–Crippen MR) is 119 cm³/mol. The van der Waals surface area contributed by atoms with Crippen LogP contribution in [0.15, 0.2) is 90.0 Å². The van der Waals surface area contributed by atoms with Crippen molar-refractivity contribution in [1.82, 2.24) is 19.9 Å². The van der Waals surface area contributed by atoms with Crippen molar-refractivity contribution < 1.29 is 0 Å². The maximum atomic E-state index is 12.9. The molecule has 0 fully saturated rings. The maximum absolute atomic E-state index is 12.9. The lowest BCUT2D eigenvalue weighted by atomic mass is 10.0. The molecule has 5 heteroatoms. The molecule has 0 bridgehead atoms. The molecule has 0 amide bonds. The largest absolute Gasteiger partial charge is 0.321 e. The van der Waals surface area contributed by atoms with Crippen LogP contribution < -0.4 is 5.56 Å². The van der Waals surface area contributed by atoms with Gasteiger partial charge in [-0.2, -0.15) is 0 Å². The van der Waals surface area contributed by atoms with Crippen LogP contribution in [0.2, 0.25) is 0 Å². The van der Waals surface area contributed by atoms with Gasteiger partial charge in [-0.25, -0.2) is 4.98 Å². The van der Waals surface area contributed by atoms with Crippen molar-refractivity contribution in [1.29, 1.82) is 0 Å². The van der Waals surface area contributed by atoms with Crippen LogP contribution >= 0.6 is 0 Å². The standard InChI is InChI=1S/C25H18N4O/c1-16-8-9-20-18(12-16)13-19(25(30)29-20)17-14-23(21-6-2-4-10-26-21)28-24(15-17)22-7-3-5-11-27-22/h2-15H,1H3,(H,29,30). The van der Waals surface area contributed by atoms with Crippen molar-refractivity contribution >= 4 is 10.9 Å². The van der Waals surface area contributed by atoms with Gasteiger partial charge in [-0.15, -0.1) is 0 Å². The fourth-order valence-corrected chi connectivity index (χ4v) is 3.52. The summed E-state index contributed by atoms with van der Waals surface area (Å²) < 4.78 is 0. The van der Waals surface area contributed by atoms with E-state index in [4.69, 9.17) is 4.98 Å². The third kappa shape index (κ3) is 3.37. The molecule has 4 heterocycles. The minimum absolute atomic E-state index is 0.142. The summed E-state index contributed by atoms with van der Waals surface area (Å²) in [4.78, 5) is 29.5. The summed E-state index contributed by atoms with van der Waals surface area (Å²) in [6.45, 7) is 2.04. The summed E-state index contributed by atoms with van der Waals surface area (Å²) in [6, 6.07) is 23.1. The molecule has 0 spiro atoms. The number of fused-ring (bicyclic) bond motifs is 1. The van der Waals surface area contributed by atoms with Gasteiger partial charge in [0, 0.05) is 23.5 Å². The number of hydrogen-bond donors (Lipinski definition) is 1. The van der Waals surface area contributed by atoms with Gasteiger partial charge in [-0.1, -0.05) is 23.8 Å². The molecule has 0 radical (unpaired) electrons. The van der Waals surface area contributed by atoms with Gasteiger partial charge >= 0.3 is 0 Å².